The van der Waals surface area contributed by atoms with Crippen LogP contribution in [0.3, 0.4) is 0 Å². The Bertz CT molecular complexity index is 2500. The lowest BCUT2D eigenvalue weighted by Gasteiger charge is -2.58. The first-order chi connectivity index (χ1) is 34.3. The molecule has 5 fully saturated rings. The Labute approximate surface area is 420 Å². The molecule has 0 amide bonds. The summed E-state index contributed by atoms with van der Waals surface area (Å²) in [6, 6.07) is 35.2. The highest BCUT2D eigenvalue weighted by Gasteiger charge is 2.64. The molecule has 4 aromatic carbocycles. The Hall–Kier alpha value is -5.13. The van der Waals surface area contributed by atoms with Crippen LogP contribution in [-0.4, -0.2) is 61.3 Å². The van der Waals surface area contributed by atoms with Crippen molar-refractivity contribution in [2.75, 3.05) is 6.61 Å². The van der Waals surface area contributed by atoms with E-state index in [1.165, 1.54) is 50.5 Å². The second kappa shape index (κ2) is 20.8. The van der Waals surface area contributed by atoms with Gasteiger partial charge in [-0.3, -0.25) is 4.74 Å². The predicted octanol–water partition coefficient (Wildman–Crippen LogP) is 12.7. The van der Waals surface area contributed by atoms with Gasteiger partial charge in [-0.15, -0.1) is 0 Å². The Balaban J connectivity index is 0.929. The normalized spacial score (nSPS) is 34.4. The lowest BCUT2D eigenvalue weighted by Crippen LogP contribution is -2.60. The standard InChI is InChI=1S/C61H72O10/c1-39(2)19-18-20-40(3)48-31-32-49-47-30-29-45-37-46(33-35-59(45,4)50(47)34-36-60(48,49)5)69-61(44-27-16-9-17-28-44)70-54-53(68-57(64)43-25-14-8-15-26-43)52(67-56(63)42-23-12-7-13-24-42)51(66-58(54)71-61)38-65-55(62)41-21-10-6-11-22-41/h6-17,21-29,39-40,46-54,58H,18-20,30-38H2,1-5H3/t40-,46-,47+,48-,49+,50+,51-,52-,53+,54-,58-,59+,60-,61?/m1/s1. The number of allylic oxidation sites excluding steroid dienone is 1. The monoisotopic (exact) mass is 965 g/mol. The van der Waals surface area contributed by atoms with Gasteiger partial charge in [0.05, 0.1) is 22.8 Å². The van der Waals surface area contributed by atoms with Crippen molar-refractivity contribution in [3.05, 3.63) is 155 Å². The average molecular weight is 965 g/mol. The summed E-state index contributed by atoms with van der Waals surface area (Å²) in [5.41, 5.74) is 3.45. The predicted molar refractivity (Wildman–Crippen MR) is 269 cm³/mol. The first-order valence-electron chi connectivity index (χ1n) is 26.5. The molecule has 10 rings (SSSR count). The molecule has 1 unspecified atom stereocenters. The van der Waals surface area contributed by atoms with Crippen molar-refractivity contribution in [1.82, 2.24) is 0 Å². The molecule has 14 atom stereocenters. The summed E-state index contributed by atoms with van der Waals surface area (Å²) in [6.07, 6.45) is 9.12. The van der Waals surface area contributed by atoms with E-state index >= 15 is 0 Å². The highest BCUT2D eigenvalue weighted by molar-refractivity contribution is 5.91. The van der Waals surface area contributed by atoms with Gasteiger partial charge in [0, 0.05) is 5.56 Å². The second-order valence-corrected chi connectivity index (χ2v) is 22.4. The van der Waals surface area contributed by atoms with Crippen LogP contribution in [0, 0.1) is 46.3 Å². The number of esters is 3. The molecule has 3 saturated carbocycles. The van der Waals surface area contributed by atoms with E-state index in [1.807, 2.05) is 42.5 Å². The van der Waals surface area contributed by atoms with Crippen molar-refractivity contribution in [2.45, 2.75) is 148 Å². The van der Waals surface area contributed by atoms with Gasteiger partial charge in [0.2, 0.25) is 0 Å². The highest BCUT2D eigenvalue weighted by atomic mass is 16.9. The molecule has 2 heterocycles. The van der Waals surface area contributed by atoms with Gasteiger partial charge in [0.25, 0.3) is 0 Å². The van der Waals surface area contributed by atoms with E-state index in [0.717, 1.165) is 49.4 Å². The number of ether oxygens (including phenoxy) is 7. The highest BCUT2D eigenvalue weighted by Crippen LogP contribution is 2.67. The van der Waals surface area contributed by atoms with Gasteiger partial charge >= 0.3 is 23.9 Å². The van der Waals surface area contributed by atoms with Gasteiger partial charge in [-0.1, -0.05) is 150 Å². The molecular weight excluding hydrogens is 893 g/mol. The van der Waals surface area contributed by atoms with E-state index in [2.05, 4.69) is 40.7 Å². The smallest absolute Gasteiger partial charge is 0.338 e. The molecule has 0 radical (unpaired) electrons. The summed E-state index contributed by atoms with van der Waals surface area (Å²) >= 11 is 0. The Morgan fingerprint density at radius 2 is 1.27 bits per heavy atom. The minimum atomic E-state index is -1.80. The van der Waals surface area contributed by atoms with Crippen LogP contribution in [0.1, 0.15) is 142 Å². The summed E-state index contributed by atoms with van der Waals surface area (Å²) < 4.78 is 46.5. The van der Waals surface area contributed by atoms with Gasteiger partial charge in [0.1, 0.15) is 12.7 Å². The van der Waals surface area contributed by atoms with Crippen molar-refractivity contribution in [3.63, 3.8) is 0 Å². The third kappa shape index (κ3) is 9.91. The maximum Gasteiger partial charge on any atom is 0.338 e. The lowest BCUT2D eigenvalue weighted by atomic mass is 9.47. The van der Waals surface area contributed by atoms with Crippen molar-refractivity contribution in [2.24, 2.45) is 46.3 Å². The van der Waals surface area contributed by atoms with E-state index in [9.17, 15) is 14.4 Å². The number of benzene rings is 4. The van der Waals surface area contributed by atoms with E-state index in [0.29, 0.717) is 28.4 Å². The average Bonchev–Trinajstić information content (AvgIpc) is 3.95. The minimum absolute atomic E-state index is 0.0798. The van der Waals surface area contributed by atoms with Gasteiger partial charge in [-0.05, 0) is 134 Å². The van der Waals surface area contributed by atoms with Gasteiger partial charge < -0.3 is 28.4 Å². The third-order valence-corrected chi connectivity index (χ3v) is 17.8. The fraction of sp³-hybridized carbons (Fsp3) is 0.525. The molecule has 0 aromatic heterocycles. The number of rotatable bonds is 15. The summed E-state index contributed by atoms with van der Waals surface area (Å²) in [4.78, 5) is 41.5. The van der Waals surface area contributed by atoms with Crippen LogP contribution >= 0.6 is 0 Å². The Morgan fingerprint density at radius 1 is 0.662 bits per heavy atom. The summed E-state index contributed by atoms with van der Waals surface area (Å²) in [6.45, 7) is 12.1. The van der Waals surface area contributed by atoms with Gasteiger partial charge in [0.15, 0.2) is 24.6 Å². The van der Waals surface area contributed by atoms with Crippen LogP contribution in [0.2, 0.25) is 0 Å². The summed E-state index contributed by atoms with van der Waals surface area (Å²) in [7, 11) is 0. The topological polar surface area (TPSA) is 116 Å². The first kappa shape index (κ1) is 49.4. The van der Waals surface area contributed by atoms with Crippen LogP contribution in [0.4, 0.5) is 0 Å². The van der Waals surface area contributed by atoms with Crippen LogP contribution in [-0.2, 0) is 39.1 Å². The molecule has 10 heteroatoms. The molecule has 2 saturated heterocycles. The number of carbonyl (C=O) groups excluding carboxylic acids is 3. The zero-order valence-corrected chi connectivity index (χ0v) is 42.1. The number of hydrogen-bond acceptors (Lipinski definition) is 10. The van der Waals surface area contributed by atoms with Crippen molar-refractivity contribution >= 4 is 17.9 Å². The molecule has 2 aliphatic heterocycles. The van der Waals surface area contributed by atoms with Crippen LogP contribution in [0.5, 0.6) is 0 Å². The second-order valence-electron chi connectivity index (χ2n) is 22.4. The minimum Gasteiger partial charge on any atom is -0.459 e. The quantitative estimate of drug-likeness (QED) is 0.0648. The Kier molecular flexibility index (Phi) is 14.5. The van der Waals surface area contributed by atoms with Gasteiger partial charge in [-0.25, -0.2) is 14.4 Å². The molecule has 6 aliphatic rings. The van der Waals surface area contributed by atoms with Crippen molar-refractivity contribution in [1.29, 1.82) is 0 Å². The third-order valence-electron chi connectivity index (χ3n) is 17.8. The zero-order chi connectivity index (χ0) is 49.3. The summed E-state index contributed by atoms with van der Waals surface area (Å²) in [5.74, 6) is 0.695. The van der Waals surface area contributed by atoms with E-state index in [-0.39, 0.29) is 29.3 Å². The van der Waals surface area contributed by atoms with Crippen LogP contribution < -0.4 is 0 Å². The molecule has 0 bridgehead atoms. The van der Waals surface area contributed by atoms with E-state index < -0.39 is 54.6 Å². The maximum atomic E-state index is 14.1. The molecule has 4 aliphatic carbocycles. The molecule has 10 nitrogen and oxygen atoms in total. The van der Waals surface area contributed by atoms with Crippen molar-refractivity contribution in [3.8, 4) is 0 Å². The van der Waals surface area contributed by atoms with Crippen molar-refractivity contribution < 1.29 is 47.5 Å². The lowest BCUT2D eigenvalue weighted by molar-refractivity contribution is -0.383. The fourth-order valence-electron chi connectivity index (χ4n) is 14.1. The Morgan fingerprint density at radius 3 is 1.90 bits per heavy atom. The summed E-state index contributed by atoms with van der Waals surface area (Å²) in [5, 5.41) is 0. The number of hydrogen-bond donors (Lipinski definition) is 0. The molecule has 0 N–H and O–H groups in total. The SMILES string of the molecule is CC(C)CCC[C@@H](C)[C@H]1CC[C@H]2[C@@H]3CC=C4C[C@H](OC5(c6ccccc6)O[C@H]6O[C@H](COC(=O)c7ccccc7)[C@@H](OC(=O)c7ccccc7)[C@H](OC(=O)c7ccccc7)[C@H]6O5)CC[C@]4(C)[C@H]3CC[C@]12C. The molecule has 71 heavy (non-hydrogen) atoms. The van der Waals surface area contributed by atoms with E-state index in [1.54, 1.807) is 78.9 Å². The molecule has 0 spiro atoms. The fourth-order valence-corrected chi connectivity index (χ4v) is 14.1. The maximum absolute atomic E-state index is 14.1. The zero-order valence-electron chi connectivity index (χ0n) is 42.1. The van der Waals surface area contributed by atoms with E-state index in [4.69, 9.17) is 33.2 Å². The molecule has 376 valence electrons. The van der Waals surface area contributed by atoms with Crippen LogP contribution in [0.15, 0.2) is 133 Å². The number of fused-ring (bicyclic) bond motifs is 6. The van der Waals surface area contributed by atoms with Gasteiger partial charge in [-0.2, -0.15) is 0 Å². The first-order valence-corrected chi connectivity index (χ1v) is 26.5. The molecule has 4 aromatic rings. The molecular formula is C61H72O10. The van der Waals surface area contributed by atoms with Crippen LogP contribution in [0.25, 0.3) is 0 Å². The largest absolute Gasteiger partial charge is 0.459 e. The number of carbonyl (C=O) groups is 3.